The zero-order valence-electron chi connectivity index (χ0n) is 12.1. The molecule has 114 valence electrons. The molecule has 0 amide bonds. The van der Waals surface area contributed by atoms with E-state index in [4.69, 9.17) is 10.1 Å². The van der Waals surface area contributed by atoms with E-state index in [-0.39, 0.29) is 17.0 Å². The Kier molecular flexibility index (Phi) is 4.79. The monoisotopic (exact) mass is 309 g/mol. The summed E-state index contributed by atoms with van der Waals surface area (Å²) in [5, 5.41) is 23.5. The number of hydrogen-bond donors (Lipinski definition) is 0. The van der Waals surface area contributed by atoms with Crippen LogP contribution in [-0.4, -0.2) is 16.9 Å². The molecule has 0 fully saturated rings. The molecule has 0 heterocycles. The van der Waals surface area contributed by atoms with Gasteiger partial charge in [-0.3, -0.25) is 14.9 Å². The normalized spacial score (nSPS) is 10.7. The van der Waals surface area contributed by atoms with E-state index in [1.807, 2.05) is 6.07 Å². The van der Waals surface area contributed by atoms with Crippen molar-refractivity contribution in [1.29, 1.82) is 5.26 Å². The van der Waals surface area contributed by atoms with Crippen LogP contribution in [-0.2, 0) is 0 Å². The molecule has 0 unspecified atom stereocenters. The van der Waals surface area contributed by atoms with Crippen molar-refractivity contribution in [2.75, 3.05) is 0 Å². The van der Waals surface area contributed by atoms with Gasteiger partial charge in [0.2, 0.25) is 0 Å². The average molecular weight is 309 g/mol. The molecule has 2 rings (SSSR count). The van der Waals surface area contributed by atoms with Crippen LogP contribution in [0.25, 0.3) is 0 Å². The average Bonchev–Trinajstić information content (AvgIpc) is 2.59. The Labute approximate surface area is 131 Å². The molecule has 23 heavy (non-hydrogen) atoms. The van der Waals surface area contributed by atoms with E-state index in [2.05, 4.69) is 5.16 Å². The Bertz CT molecular complexity index is 820. The number of benzene rings is 2. The molecular weight excluding hydrogens is 298 g/mol. The van der Waals surface area contributed by atoms with E-state index in [1.54, 1.807) is 19.1 Å². The summed E-state index contributed by atoms with van der Waals surface area (Å²) in [6, 6.07) is 12.2. The molecule has 7 nitrogen and oxygen atoms in total. The Morgan fingerprint density at radius 1 is 1.30 bits per heavy atom. The number of carbonyl (C=O) groups excluding carboxylic acids is 1. The van der Waals surface area contributed by atoms with E-state index >= 15 is 0 Å². The molecule has 2 aromatic rings. The number of nitro groups is 1. The third-order valence-corrected chi connectivity index (χ3v) is 3.04. The van der Waals surface area contributed by atoms with Crippen molar-refractivity contribution in [3.8, 4) is 11.8 Å². The van der Waals surface area contributed by atoms with E-state index < -0.39 is 4.92 Å². The van der Waals surface area contributed by atoms with Crippen LogP contribution in [0.15, 0.2) is 47.6 Å². The van der Waals surface area contributed by atoms with Gasteiger partial charge in [0.15, 0.2) is 5.75 Å². The van der Waals surface area contributed by atoms with Crippen LogP contribution < -0.4 is 4.84 Å². The molecule has 0 saturated carbocycles. The highest BCUT2D eigenvalue weighted by Gasteiger charge is 2.08. The zero-order valence-corrected chi connectivity index (χ0v) is 12.1. The van der Waals surface area contributed by atoms with Crippen molar-refractivity contribution in [1.82, 2.24) is 0 Å². The smallest absolute Gasteiger partial charge is 0.269 e. The number of nitro benzene ring substituents is 1. The van der Waals surface area contributed by atoms with Crippen molar-refractivity contribution in [3.63, 3.8) is 0 Å². The Morgan fingerprint density at radius 2 is 2.00 bits per heavy atom. The van der Waals surface area contributed by atoms with Gasteiger partial charge in [0, 0.05) is 17.7 Å². The number of hydrogen-bond acceptors (Lipinski definition) is 6. The molecule has 0 bridgehead atoms. The molecule has 0 aliphatic rings. The molecule has 0 aromatic heterocycles. The zero-order chi connectivity index (χ0) is 16.8. The number of oxime groups is 1. The van der Waals surface area contributed by atoms with Gasteiger partial charge in [-0.1, -0.05) is 11.2 Å². The summed E-state index contributed by atoms with van der Waals surface area (Å²) < 4.78 is 0. The van der Waals surface area contributed by atoms with Crippen molar-refractivity contribution >= 4 is 17.7 Å². The van der Waals surface area contributed by atoms with Crippen LogP contribution in [0.5, 0.6) is 5.75 Å². The summed E-state index contributed by atoms with van der Waals surface area (Å²) in [6.45, 7) is 1.66. The lowest BCUT2D eigenvalue weighted by Gasteiger charge is -2.04. The molecular formula is C16H11N3O4. The van der Waals surface area contributed by atoms with Gasteiger partial charge in [-0.15, -0.1) is 0 Å². The Balaban J connectivity index is 2.24. The van der Waals surface area contributed by atoms with Gasteiger partial charge >= 0.3 is 0 Å². The van der Waals surface area contributed by atoms with Gasteiger partial charge in [-0.25, -0.2) is 0 Å². The molecule has 0 atom stereocenters. The van der Waals surface area contributed by atoms with Gasteiger partial charge in [-0.2, -0.15) is 5.26 Å². The van der Waals surface area contributed by atoms with E-state index in [1.165, 1.54) is 30.3 Å². The fourth-order valence-corrected chi connectivity index (χ4v) is 1.77. The first-order chi connectivity index (χ1) is 11.0. The minimum atomic E-state index is -0.489. The standard InChI is InChI=1S/C16H11N3O4/c1-11(13-4-6-15(7-5-13)19(21)22)18-23-16-8-12(10-20)2-3-14(16)9-17/h2-8,10H,1H3/b18-11-. The molecule has 0 saturated heterocycles. The molecule has 2 aromatic carbocycles. The predicted octanol–water partition coefficient (Wildman–Crippen LogP) is 3.08. The van der Waals surface area contributed by atoms with Gasteiger partial charge < -0.3 is 4.84 Å². The summed E-state index contributed by atoms with van der Waals surface area (Å²) in [5.41, 5.74) is 1.70. The number of nitrogens with zero attached hydrogens (tertiary/aromatic N) is 3. The summed E-state index contributed by atoms with van der Waals surface area (Å²) in [6.07, 6.45) is 0.640. The summed E-state index contributed by atoms with van der Waals surface area (Å²) in [4.78, 5) is 26.1. The lowest BCUT2D eigenvalue weighted by Crippen LogP contribution is -1.99. The lowest BCUT2D eigenvalue weighted by molar-refractivity contribution is -0.384. The number of nitriles is 1. The number of aldehydes is 1. The van der Waals surface area contributed by atoms with Crippen LogP contribution in [0.4, 0.5) is 5.69 Å². The largest absolute Gasteiger partial charge is 0.355 e. The van der Waals surface area contributed by atoms with Crippen LogP contribution in [0.3, 0.4) is 0 Å². The Morgan fingerprint density at radius 3 is 2.57 bits per heavy atom. The highest BCUT2D eigenvalue weighted by atomic mass is 16.6. The maximum Gasteiger partial charge on any atom is 0.269 e. The van der Waals surface area contributed by atoms with Gasteiger partial charge in [0.05, 0.1) is 16.2 Å². The van der Waals surface area contributed by atoms with Crippen LogP contribution in [0.1, 0.15) is 28.4 Å². The minimum Gasteiger partial charge on any atom is -0.355 e. The highest BCUT2D eigenvalue weighted by Crippen LogP contribution is 2.20. The first-order valence-corrected chi connectivity index (χ1v) is 6.51. The molecule has 0 aliphatic carbocycles. The fourth-order valence-electron chi connectivity index (χ4n) is 1.77. The second kappa shape index (κ2) is 6.95. The summed E-state index contributed by atoms with van der Waals surface area (Å²) in [7, 11) is 0. The number of non-ortho nitro benzene ring substituents is 1. The predicted molar refractivity (Wildman–Crippen MR) is 82.5 cm³/mol. The van der Waals surface area contributed by atoms with E-state index in [0.29, 0.717) is 23.1 Å². The molecule has 0 aliphatic heterocycles. The molecule has 0 radical (unpaired) electrons. The summed E-state index contributed by atoms with van der Waals surface area (Å²) >= 11 is 0. The number of rotatable bonds is 5. The minimum absolute atomic E-state index is 0.0204. The van der Waals surface area contributed by atoms with Crippen LogP contribution in [0, 0.1) is 21.4 Å². The van der Waals surface area contributed by atoms with Crippen molar-refractivity contribution in [2.45, 2.75) is 6.92 Å². The van der Waals surface area contributed by atoms with Gasteiger partial charge in [0.25, 0.3) is 5.69 Å². The van der Waals surface area contributed by atoms with Crippen molar-refractivity contribution < 1.29 is 14.6 Å². The highest BCUT2D eigenvalue weighted by molar-refractivity contribution is 5.98. The van der Waals surface area contributed by atoms with Gasteiger partial charge in [-0.05, 0) is 36.8 Å². The Hall–Kier alpha value is -3.53. The van der Waals surface area contributed by atoms with Crippen LogP contribution >= 0.6 is 0 Å². The number of carbonyl (C=O) groups is 1. The van der Waals surface area contributed by atoms with Crippen molar-refractivity contribution in [2.24, 2.45) is 5.16 Å². The third kappa shape index (κ3) is 3.77. The lowest BCUT2D eigenvalue weighted by atomic mass is 10.1. The maximum atomic E-state index is 10.8. The quantitative estimate of drug-likeness (QED) is 0.365. The second-order valence-electron chi connectivity index (χ2n) is 4.56. The maximum absolute atomic E-state index is 10.8. The first-order valence-electron chi connectivity index (χ1n) is 6.51. The van der Waals surface area contributed by atoms with E-state index in [9.17, 15) is 14.9 Å². The second-order valence-corrected chi connectivity index (χ2v) is 4.56. The summed E-state index contributed by atoms with van der Waals surface area (Å²) in [5.74, 6) is 0.165. The first kappa shape index (κ1) is 15.9. The third-order valence-electron chi connectivity index (χ3n) is 3.04. The van der Waals surface area contributed by atoms with E-state index in [0.717, 1.165) is 0 Å². The topological polar surface area (TPSA) is 106 Å². The van der Waals surface area contributed by atoms with Crippen molar-refractivity contribution in [3.05, 3.63) is 69.3 Å². The molecule has 0 N–H and O–H groups in total. The van der Waals surface area contributed by atoms with Crippen LogP contribution in [0.2, 0.25) is 0 Å². The SMILES string of the molecule is C/C(=N/Oc1cc(C=O)ccc1C#N)c1ccc([N+](=O)[O-])cc1. The molecule has 0 spiro atoms. The molecule has 7 heteroatoms. The van der Waals surface area contributed by atoms with Gasteiger partial charge in [0.1, 0.15) is 12.4 Å². The fraction of sp³-hybridized carbons (Fsp3) is 0.0625.